The number of hydrogen-bond donors (Lipinski definition) is 2. The smallest absolute Gasteiger partial charge is 0.337 e. The summed E-state index contributed by atoms with van der Waals surface area (Å²) in [7, 11) is 1.29. The fraction of sp³-hybridized carbons (Fsp3) is 0.150. The number of methoxy groups -OCH3 is 1. The first-order valence-electron chi connectivity index (χ1n) is 8.35. The van der Waals surface area contributed by atoms with Gasteiger partial charge in [-0.15, -0.1) is 0 Å². The van der Waals surface area contributed by atoms with Crippen molar-refractivity contribution < 1.29 is 28.6 Å². The Labute approximate surface area is 161 Å². The van der Waals surface area contributed by atoms with Crippen LogP contribution in [-0.2, 0) is 14.3 Å². The van der Waals surface area contributed by atoms with Gasteiger partial charge in [0.1, 0.15) is 0 Å². The van der Waals surface area contributed by atoms with E-state index in [4.69, 9.17) is 9.47 Å². The monoisotopic (exact) mass is 382 g/mol. The van der Waals surface area contributed by atoms with Crippen molar-refractivity contribution >= 4 is 29.2 Å². The van der Waals surface area contributed by atoms with Crippen LogP contribution in [-0.4, -0.2) is 31.7 Å². The van der Waals surface area contributed by atoms with Gasteiger partial charge >= 0.3 is 5.97 Å². The summed E-state index contributed by atoms with van der Waals surface area (Å²) in [6.45, 7) is 1.67. The molecular weight excluding hydrogens is 364 g/mol. The summed E-state index contributed by atoms with van der Waals surface area (Å²) in [5, 5.41) is 5.32. The average Bonchev–Trinajstić information content (AvgIpc) is 3.15. The van der Waals surface area contributed by atoms with Crippen LogP contribution < -0.4 is 20.1 Å². The van der Waals surface area contributed by atoms with Gasteiger partial charge in [-0.05, 0) is 43.3 Å². The molecule has 1 aliphatic heterocycles. The Morgan fingerprint density at radius 1 is 0.964 bits per heavy atom. The molecule has 0 spiro atoms. The fourth-order valence-corrected chi connectivity index (χ4v) is 2.45. The molecule has 0 atom stereocenters. The highest BCUT2D eigenvalue weighted by atomic mass is 16.7. The molecule has 0 saturated carbocycles. The number of rotatable bonds is 5. The van der Waals surface area contributed by atoms with Crippen molar-refractivity contribution in [1.29, 1.82) is 0 Å². The molecule has 144 valence electrons. The van der Waals surface area contributed by atoms with Crippen molar-refractivity contribution in [2.45, 2.75) is 6.92 Å². The number of hydrogen-bond acceptors (Lipinski definition) is 6. The van der Waals surface area contributed by atoms with E-state index in [0.29, 0.717) is 28.4 Å². The van der Waals surface area contributed by atoms with Crippen molar-refractivity contribution in [3.05, 3.63) is 59.7 Å². The minimum atomic E-state index is -0.464. The molecule has 0 fully saturated rings. The van der Waals surface area contributed by atoms with Gasteiger partial charge in [0, 0.05) is 29.1 Å². The number of carbonyl (C=O) groups is 3. The second-order valence-electron chi connectivity index (χ2n) is 5.91. The summed E-state index contributed by atoms with van der Waals surface area (Å²) in [6, 6.07) is 11.2. The number of carbonyl (C=O) groups excluding carboxylic acids is 3. The average molecular weight is 382 g/mol. The lowest BCUT2D eigenvalue weighted by Gasteiger charge is -2.07. The lowest BCUT2D eigenvalue weighted by molar-refractivity contribution is -0.114. The Kier molecular flexibility index (Phi) is 5.59. The number of esters is 1. The Morgan fingerprint density at radius 2 is 1.64 bits per heavy atom. The third-order valence-electron chi connectivity index (χ3n) is 3.91. The number of fused-ring (bicyclic) bond motifs is 1. The minimum absolute atomic E-state index is 0.145. The molecule has 1 aliphatic rings. The number of benzene rings is 2. The zero-order valence-corrected chi connectivity index (χ0v) is 15.3. The molecule has 2 amide bonds. The first-order valence-corrected chi connectivity index (χ1v) is 8.35. The maximum Gasteiger partial charge on any atom is 0.337 e. The summed E-state index contributed by atoms with van der Waals surface area (Å²) in [5.41, 5.74) is 1.60. The van der Waals surface area contributed by atoms with Crippen LogP contribution in [0, 0.1) is 0 Å². The van der Waals surface area contributed by atoms with Gasteiger partial charge in [-0.3, -0.25) is 9.59 Å². The maximum absolute atomic E-state index is 12.2. The normalized spacial score (nSPS) is 12.3. The third-order valence-corrected chi connectivity index (χ3v) is 3.91. The molecule has 1 heterocycles. The second kappa shape index (κ2) is 8.26. The van der Waals surface area contributed by atoms with Gasteiger partial charge in [-0.2, -0.15) is 0 Å². The molecule has 0 unspecified atom stereocenters. The minimum Gasteiger partial charge on any atom is -0.465 e. The predicted molar refractivity (Wildman–Crippen MR) is 101 cm³/mol. The van der Waals surface area contributed by atoms with Crippen molar-refractivity contribution in [1.82, 2.24) is 0 Å². The second-order valence-corrected chi connectivity index (χ2v) is 5.91. The van der Waals surface area contributed by atoms with Crippen LogP contribution in [0.4, 0.5) is 11.4 Å². The number of nitrogens with one attached hydrogen (secondary N) is 2. The van der Waals surface area contributed by atoms with Crippen molar-refractivity contribution in [3.63, 3.8) is 0 Å². The molecule has 2 aromatic carbocycles. The lowest BCUT2D eigenvalue weighted by Crippen LogP contribution is -2.16. The zero-order chi connectivity index (χ0) is 20.1. The molecule has 0 radical (unpaired) electrons. The summed E-state index contributed by atoms with van der Waals surface area (Å²) >= 11 is 0. The molecule has 0 bridgehead atoms. The van der Waals surface area contributed by atoms with Gasteiger partial charge in [0.15, 0.2) is 11.5 Å². The Morgan fingerprint density at radius 3 is 2.36 bits per heavy atom. The molecule has 28 heavy (non-hydrogen) atoms. The van der Waals surface area contributed by atoms with Crippen LogP contribution in [0.2, 0.25) is 0 Å². The van der Waals surface area contributed by atoms with Gasteiger partial charge in [0.05, 0.1) is 12.7 Å². The third kappa shape index (κ3) is 4.47. The van der Waals surface area contributed by atoms with Gasteiger partial charge in [0.2, 0.25) is 12.7 Å². The van der Waals surface area contributed by atoms with E-state index in [1.807, 2.05) is 0 Å². The molecule has 0 saturated heterocycles. The molecule has 0 aromatic heterocycles. The Bertz CT molecular complexity index is 950. The molecule has 8 heteroatoms. The lowest BCUT2D eigenvalue weighted by atomic mass is 10.2. The van der Waals surface area contributed by atoms with E-state index in [9.17, 15) is 14.4 Å². The first-order chi connectivity index (χ1) is 13.5. The maximum atomic E-state index is 12.2. The highest BCUT2D eigenvalue weighted by molar-refractivity contribution is 6.10. The molecule has 2 aromatic rings. The van der Waals surface area contributed by atoms with Crippen LogP contribution in [0.15, 0.2) is 54.1 Å². The van der Waals surface area contributed by atoms with Gasteiger partial charge in [-0.1, -0.05) is 0 Å². The predicted octanol–water partition coefficient (Wildman–Crippen LogP) is 2.73. The zero-order valence-electron chi connectivity index (χ0n) is 15.3. The Hall–Kier alpha value is -3.81. The molecule has 2 N–H and O–H groups in total. The highest BCUT2D eigenvalue weighted by Gasteiger charge is 2.14. The van der Waals surface area contributed by atoms with E-state index in [2.05, 4.69) is 15.4 Å². The first kappa shape index (κ1) is 19.0. The molecule has 3 rings (SSSR count). The summed E-state index contributed by atoms with van der Waals surface area (Å²) < 4.78 is 15.1. The fourth-order valence-electron chi connectivity index (χ4n) is 2.45. The van der Waals surface area contributed by atoms with E-state index in [-0.39, 0.29) is 12.4 Å². The number of amides is 2. The van der Waals surface area contributed by atoms with Gasteiger partial charge < -0.3 is 24.8 Å². The SMILES string of the molecule is COC(=O)c1ccc(NC(=O)/C(C)=C/C(=O)Nc2ccc3c(c2)OCO3)cc1. The highest BCUT2D eigenvalue weighted by Crippen LogP contribution is 2.34. The number of ether oxygens (including phenoxy) is 3. The van der Waals surface area contributed by atoms with Crippen molar-refractivity contribution in [2.24, 2.45) is 0 Å². The van der Waals surface area contributed by atoms with E-state index in [0.717, 1.165) is 0 Å². The largest absolute Gasteiger partial charge is 0.465 e. The van der Waals surface area contributed by atoms with Crippen molar-refractivity contribution in [3.8, 4) is 11.5 Å². The molecular formula is C20H18N2O6. The van der Waals surface area contributed by atoms with Crippen LogP contribution in [0.1, 0.15) is 17.3 Å². The summed E-state index contributed by atoms with van der Waals surface area (Å²) in [5.74, 6) is -0.192. The quantitative estimate of drug-likeness (QED) is 0.609. The summed E-state index contributed by atoms with van der Waals surface area (Å²) in [6.07, 6.45) is 1.20. The van der Waals surface area contributed by atoms with Gasteiger partial charge in [0.25, 0.3) is 5.91 Å². The van der Waals surface area contributed by atoms with Crippen LogP contribution in [0.25, 0.3) is 0 Å². The van der Waals surface area contributed by atoms with Crippen LogP contribution in [0.3, 0.4) is 0 Å². The number of anilines is 2. The van der Waals surface area contributed by atoms with Crippen LogP contribution in [0.5, 0.6) is 11.5 Å². The molecule has 8 nitrogen and oxygen atoms in total. The van der Waals surface area contributed by atoms with Crippen molar-refractivity contribution in [2.75, 3.05) is 24.5 Å². The summed E-state index contributed by atoms with van der Waals surface area (Å²) in [4.78, 5) is 35.8. The topological polar surface area (TPSA) is 103 Å². The molecule has 0 aliphatic carbocycles. The standard InChI is InChI=1S/C20H18N2O6/c1-12(19(24)22-14-5-3-13(4-6-14)20(25)26-2)9-18(23)21-15-7-8-16-17(10-15)28-11-27-16/h3-10H,11H2,1-2H3,(H,21,23)(H,22,24)/b12-9+. The van der Waals surface area contributed by atoms with E-state index in [1.54, 1.807) is 30.3 Å². The van der Waals surface area contributed by atoms with E-state index < -0.39 is 17.8 Å². The van der Waals surface area contributed by atoms with Gasteiger partial charge in [-0.25, -0.2) is 4.79 Å². The Balaban J connectivity index is 1.59. The van der Waals surface area contributed by atoms with E-state index >= 15 is 0 Å². The van der Waals surface area contributed by atoms with Crippen LogP contribution >= 0.6 is 0 Å². The van der Waals surface area contributed by atoms with E-state index in [1.165, 1.54) is 32.2 Å².